The van der Waals surface area contributed by atoms with E-state index >= 15 is 0 Å². The van der Waals surface area contributed by atoms with Gasteiger partial charge in [-0.3, -0.25) is 4.79 Å². The number of ether oxygens (including phenoxy) is 1. The summed E-state index contributed by atoms with van der Waals surface area (Å²) in [5.74, 6) is -2.31. The normalized spacial score (nSPS) is 22.2. The van der Waals surface area contributed by atoms with Gasteiger partial charge in [-0.1, -0.05) is 31.2 Å². The fourth-order valence-electron chi connectivity index (χ4n) is 4.83. The van der Waals surface area contributed by atoms with Crippen molar-refractivity contribution in [1.29, 1.82) is 0 Å². The molecule has 0 bridgehead atoms. The molecule has 2 aliphatic heterocycles. The highest BCUT2D eigenvalue weighted by Crippen LogP contribution is 2.46. The molecule has 0 unspecified atom stereocenters. The number of halogens is 3. The van der Waals surface area contributed by atoms with E-state index in [0.29, 0.717) is 24.9 Å². The Morgan fingerprint density at radius 2 is 1.84 bits per heavy atom. The van der Waals surface area contributed by atoms with Gasteiger partial charge in [-0.05, 0) is 54.7 Å². The van der Waals surface area contributed by atoms with Gasteiger partial charge in [-0.15, -0.1) is 0 Å². The monoisotopic (exact) mass is 446 g/mol. The molecule has 0 aromatic heterocycles. The van der Waals surface area contributed by atoms with E-state index in [1.807, 2.05) is 36.4 Å². The Morgan fingerprint density at radius 1 is 1.12 bits per heavy atom. The van der Waals surface area contributed by atoms with Crippen LogP contribution in [0.25, 0.3) is 0 Å². The third kappa shape index (κ3) is 4.06. The quantitative estimate of drug-likeness (QED) is 0.694. The smallest absolute Gasteiger partial charge is 0.462 e. The number of carbonyl (C=O) groups is 2. The molecule has 0 aliphatic carbocycles. The number of esters is 1. The predicted octanol–water partition coefficient (Wildman–Crippen LogP) is 4.72. The minimum absolute atomic E-state index is 0.0237. The second kappa shape index (κ2) is 8.48. The average Bonchev–Trinajstić information content (AvgIpc) is 2.87. The standard InChI is InChI=1S/C24H25F3N2O3/c1-3-32-22(30)15-8-9-20-19(12-15)14(2)17-6-4-5-7-18(17)21-13-16(10-11-29(20)21)28-23(31)24(25,26)27/h4-9,12,14,16,21H,3,10-11,13H2,1-2H3,(H,28,31)/t14-,16-,21-/m1/s1. The number of alkyl halides is 3. The molecule has 2 aromatic carbocycles. The molecular formula is C24H25F3N2O3. The van der Waals surface area contributed by atoms with Crippen LogP contribution in [0.3, 0.4) is 0 Å². The number of anilines is 1. The fourth-order valence-corrected chi connectivity index (χ4v) is 4.83. The molecular weight excluding hydrogens is 421 g/mol. The number of rotatable bonds is 3. The topological polar surface area (TPSA) is 58.6 Å². The van der Waals surface area contributed by atoms with Gasteiger partial charge in [0, 0.05) is 24.2 Å². The number of carbonyl (C=O) groups excluding carboxylic acids is 2. The van der Waals surface area contributed by atoms with Crippen molar-refractivity contribution in [2.45, 2.75) is 50.9 Å². The third-order valence-electron chi connectivity index (χ3n) is 6.33. The van der Waals surface area contributed by atoms with Crippen molar-refractivity contribution in [3.8, 4) is 0 Å². The summed E-state index contributed by atoms with van der Waals surface area (Å²) in [6.45, 7) is 4.59. The zero-order chi connectivity index (χ0) is 23.0. The van der Waals surface area contributed by atoms with Gasteiger partial charge in [0.05, 0.1) is 18.2 Å². The number of nitrogens with zero attached hydrogens (tertiary/aromatic N) is 1. The first kappa shape index (κ1) is 22.2. The van der Waals surface area contributed by atoms with Gasteiger partial charge in [0.1, 0.15) is 0 Å². The molecule has 1 N–H and O–H groups in total. The van der Waals surface area contributed by atoms with Crippen molar-refractivity contribution in [3.63, 3.8) is 0 Å². The molecule has 2 heterocycles. The SMILES string of the molecule is CCOC(=O)c1ccc2c(c1)[C@H](C)c1ccccc1[C@H]1C[C@H](NC(=O)C(F)(F)F)CCN21. The van der Waals surface area contributed by atoms with E-state index in [4.69, 9.17) is 4.74 Å². The first-order valence-electron chi connectivity index (χ1n) is 10.7. The highest BCUT2D eigenvalue weighted by molar-refractivity contribution is 5.90. The van der Waals surface area contributed by atoms with Gasteiger partial charge in [-0.25, -0.2) is 4.79 Å². The van der Waals surface area contributed by atoms with E-state index in [1.165, 1.54) is 0 Å². The van der Waals surface area contributed by atoms with E-state index in [-0.39, 0.29) is 24.5 Å². The third-order valence-corrected chi connectivity index (χ3v) is 6.33. The first-order valence-corrected chi connectivity index (χ1v) is 10.7. The summed E-state index contributed by atoms with van der Waals surface area (Å²) in [5, 5.41) is 2.16. The van der Waals surface area contributed by atoms with Gasteiger partial charge < -0.3 is 15.0 Å². The minimum atomic E-state index is -4.90. The number of piperidine rings is 1. The number of hydrogen-bond donors (Lipinski definition) is 1. The van der Waals surface area contributed by atoms with Crippen LogP contribution < -0.4 is 10.2 Å². The second-order valence-electron chi connectivity index (χ2n) is 8.25. The number of benzene rings is 2. The Morgan fingerprint density at radius 3 is 2.53 bits per heavy atom. The number of nitrogens with one attached hydrogen (secondary N) is 1. The molecule has 1 fully saturated rings. The first-order chi connectivity index (χ1) is 15.2. The van der Waals surface area contributed by atoms with Crippen molar-refractivity contribution < 1.29 is 27.5 Å². The Labute approximate surface area is 184 Å². The highest BCUT2D eigenvalue weighted by Gasteiger charge is 2.42. The Kier molecular flexibility index (Phi) is 5.88. The van der Waals surface area contributed by atoms with E-state index in [0.717, 1.165) is 22.4 Å². The molecule has 4 rings (SSSR count). The van der Waals surface area contributed by atoms with Crippen LogP contribution >= 0.6 is 0 Å². The number of amides is 1. The average molecular weight is 446 g/mol. The van der Waals surface area contributed by atoms with Crippen LogP contribution in [0.1, 0.15) is 65.7 Å². The van der Waals surface area contributed by atoms with Crippen LogP contribution in [0, 0.1) is 0 Å². The summed E-state index contributed by atoms with van der Waals surface area (Å²) in [4.78, 5) is 26.0. The van der Waals surface area contributed by atoms with Gasteiger partial charge in [0.25, 0.3) is 0 Å². The fraction of sp³-hybridized carbons (Fsp3) is 0.417. The second-order valence-corrected chi connectivity index (χ2v) is 8.25. The largest absolute Gasteiger partial charge is 0.471 e. The molecule has 32 heavy (non-hydrogen) atoms. The number of hydrogen-bond acceptors (Lipinski definition) is 4. The van der Waals surface area contributed by atoms with Crippen LogP contribution in [0.15, 0.2) is 42.5 Å². The van der Waals surface area contributed by atoms with Crippen LogP contribution in [0.5, 0.6) is 0 Å². The summed E-state index contributed by atoms with van der Waals surface area (Å²) < 4.78 is 43.5. The van der Waals surface area contributed by atoms with E-state index in [2.05, 4.69) is 17.1 Å². The predicted molar refractivity (Wildman–Crippen MR) is 114 cm³/mol. The zero-order valence-corrected chi connectivity index (χ0v) is 17.9. The summed E-state index contributed by atoms with van der Waals surface area (Å²) in [6, 6.07) is 12.6. The van der Waals surface area contributed by atoms with Crippen LogP contribution in [-0.2, 0) is 9.53 Å². The van der Waals surface area contributed by atoms with E-state index in [9.17, 15) is 22.8 Å². The molecule has 170 valence electrons. The maximum absolute atomic E-state index is 12.8. The highest BCUT2D eigenvalue weighted by atomic mass is 19.4. The van der Waals surface area contributed by atoms with Gasteiger partial charge in [0.2, 0.25) is 0 Å². The lowest BCUT2D eigenvalue weighted by atomic mass is 9.86. The van der Waals surface area contributed by atoms with Crippen molar-refractivity contribution >= 4 is 17.6 Å². The molecule has 0 radical (unpaired) electrons. The summed E-state index contributed by atoms with van der Waals surface area (Å²) in [6.07, 6.45) is -4.14. The number of fused-ring (bicyclic) bond motifs is 5. The summed E-state index contributed by atoms with van der Waals surface area (Å²) in [5.41, 5.74) is 4.49. The lowest BCUT2D eigenvalue weighted by molar-refractivity contribution is -0.174. The van der Waals surface area contributed by atoms with Crippen molar-refractivity contribution in [3.05, 3.63) is 64.7 Å². The molecule has 2 aromatic rings. The van der Waals surface area contributed by atoms with Crippen molar-refractivity contribution in [2.24, 2.45) is 0 Å². The molecule has 0 saturated carbocycles. The molecule has 5 nitrogen and oxygen atoms in total. The maximum atomic E-state index is 12.8. The molecule has 2 aliphatic rings. The van der Waals surface area contributed by atoms with Crippen LogP contribution in [0.4, 0.5) is 18.9 Å². The van der Waals surface area contributed by atoms with Crippen molar-refractivity contribution in [2.75, 3.05) is 18.1 Å². The summed E-state index contributed by atoms with van der Waals surface area (Å²) >= 11 is 0. The lowest BCUT2D eigenvalue weighted by Crippen LogP contribution is -2.49. The Bertz CT molecular complexity index is 1040. The zero-order valence-electron chi connectivity index (χ0n) is 17.9. The molecule has 8 heteroatoms. The Balaban J connectivity index is 1.73. The van der Waals surface area contributed by atoms with Gasteiger partial charge in [0.15, 0.2) is 0 Å². The van der Waals surface area contributed by atoms with Crippen molar-refractivity contribution in [1.82, 2.24) is 5.32 Å². The molecule has 3 atom stereocenters. The van der Waals surface area contributed by atoms with Gasteiger partial charge in [-0.2, -0.15) is 13.2 Å². The van der Waals surface area contributed by atoms with Crippen LogP contribution in [0.2, 0.25) is 0 Å². The lowest BCUT2D eigenvalue weighted by Gasteiger charge is -2.41. The molecule has 0 spiro atoms. The molecule has 1 saturated heterocycles. The maximum Gasteiger partial charge on any atom is 0.471 e. The Hall–Kier alpha value is -3.03. The summed E-state index contributed by atoms with van der Waals surface area (Å²) in [7, 11) is 0. The van der Waals surface area contributed by atoms with E-state index in [1.54, 1.807) is 13.0 Å². The molecule has 1 amide bonds. The minimum Gasteiger partial charge on any atom is -0.462 e. The van der Waals surface area contributed by atoms with Crippen LogP contribution in [-0.4, -0.2) is 37.2 Å². The van der Waals surface area contributed by atoms with E-state index < -0.39 is 18.1 Å². The van der Waals surface area contributed by atoms with Gasteiger partial charge >= 0.3 is 18.1 Å².